The molecule has 18 heteroatoms. The quantitative estimate of drug-likeness (QED) is 0.106. The Balaban J connectivity index is 1.32. The Hall–Kier alpha value is -2.50. The number of cyclic esters (lactones) is 1. The van der Waals surface area contributed by atoms with E-state index >= 15 is 0 Å². The van der Waals surface area contributed by atoms with E-state index < -0.39 is 101 Å². The average molecular weight is 1040 g/mol. The molecule has 372 valence electrons. The molecule has 16 atom stereocenters. The number of esters is 1. The smallest absolute Gasteiger partial charge is 0.312 e. The summed E-state index contributed by atoms with van der Waals surface area (Å²) in [5.41, 5.74) is 1.13. The van der Waals surface area contributed by atoms with Crippen LogP contribution in [0.25, 0.3) is 5.57 Å². The van der Waals surface area contributed by atoms with E-state index in [-0.39, 0.29) is 18.2 Å². The number of ether oxygens (including phenoxy) is 6. The number of carbonyl (C=O) groups is 1. The van der Waals surface area contributed by atoms with Gasteiger partial charge in [0.2, 0.25) is 0 Å². The number of nitrogens with zero attached hydrogens (tertiary/aromatic N) is 5. The van der Waals surface area contributed by atoms with Crippen LogP contribution >= 0.6 is 22.6 Å². The summed E-state index contributed by atoms with van der Waals surface area (Å²) in [6, 6.07) is 6.99. The van der Waals surface area contributed by atoms with Crippen LogP contribution in [-0.4, -0.2) is 172 Å². The Morgan fingerprint density at radius 1 is 1.09 bits per heavy atom. The van der Waals surface area contributed by atoms with E-state index in [1.165, 1.54) is 24.3 Å². The minimum absolute atomic E-state index is 0.176. The SMILES string of the molecule is CO[C@H]1[C@H](C)[C@@H](O[C@@H]2O[C@H](C)C[C@H](N(C)CCc3cn([C@H](CF)[C@H](OC)c4ccc(C5=CCN(C)CC5)cc4)nn3)[C@H]2O)[C@](C)(OC)C[C@@H](C)C(=N)[C@H](C)[C@@H](O)[C@](C)(O)[C@@H](I)OC(=O)[C@@H]1C. The number of benzene rings is 1. The zero-order valence-electron chi connectivity index (χ0n) is 40.9. The third-order valence-corrected chi connectivity index (χ3v) is 16.1. The molecule has 0 bridgehead atoms. The van der Waals surface area contributed by atoms with Gasteiger partial charge in [-0.1, -0.05) is 56.3 Å². The highest BCUT2D eigenvalue weighted by Gasteiger charge is 2.52. The summed E-state index contributed by atoms with van der Waals surface area (Å²) < 4.78 is 52.4. The van der Waals surface area contributed by atoms with E-state index in [1.807, 2.05) is 51.8 Å². The molecular formula is C48H76FIN6O10. The molecular weight excluding hydrogens is 966 g/mol. The van der Waals surface area contributed by atoms with Crippen LogP contribution in [0, 0.1) is 29.1 Å². The van der Waals surface area contributed by atoms with Gasteiger partial charge in [-0.05, 0) is 106 Å². The van der Waals surface area contributed by atoms with Crippen LogP contribution in [0.4, 0.5) is 4.39 Å². The number of halogens is 2. The highest BCUT2D eigenvalue weighted by atomic mass is 127. The molecule has 2 aromatic rings. The van der Waals surface area contributed by atoms with E-state index in [0.29, 0.717) is 25.1 Å². The Morgan fingerprint density at radius 2 is 1.77 bits per heavy atom. The molecule has 5 rings (SSSR count). The van der Waals surface area contributed by atoms with Gasteiger partial charge in [0.05, 0.1) is 41.6 Å². The van der Waals surface area contributed by atoms with Crippen molar-refractivity contribution in [2.45, 2.75) is 144 Å². The van der Waals surface area contributed by atoms with Crippen molar-refractivity contribution in [2.24, 2.45) is 23.7 Å². The van der Waals surface area contributed by atoms with Gasteiger partial charge in [-0.15, -0.1) is 5.10 Å². The molecule has 4 N–H and O–H groups in total. The fraction of sp³-hybridized carbons (Fsp3) is 0.750. The van der Waals surface area contributed by atoms with Crippen LogP contribution in [0.5, 0.6) is 0 Å². The van der Waals surface area contributed by atoms with Crippen molar-refractivity contribution in [2.75, 3.05) is 61.7 Å². The molecule has 0 aliphatic carbocycles. The molecule has 2 saturated heterocycles. The van der Waals surface area contributed by atoms with Gasteiger partial charge in [-0.25, -0.2) is 9.07 Å². The Bertz CT molecular complexity index is 1930. The number of aliphatic hydroxyl groups is 3. The maximum Gasteiger partial charge on any atom is 0.312 e. The number of likely N-dealkylation sites (N-methyl/N-ethyl adjacent to an activating group) is 2. The van der Waals surface area contributed by atoms with E-state index in [0.717, 1.165) is 30.6 Å². The number of aliphatic hydroxyl groups excluding tert-OH is 2. The molecule has 66 heavy (non-hydrogen) atoms. The second-order valence-electron chi connectivity index (χ2n) is 19.5. The van der Waals surface area contributed by atoms with Crippen LogP contribution in [0.3, 0.4) is 0 Å². The number of methoxy groups -OCH3 is 3. The highest BCUT2D eigenvalue weighted by Crippen LogP contribution is 2.40. The summed E-state index contributed by atoms with van der Waals surface area (Å²) in [5, 5.41) is 52.7. The monoisotopic (exact) mass is 1040 g/mol. The first-order chi connectivity index (χ1) is 31.1. The van der Waals surface area contributed by atoms with Crippen LogP contribution in [0.15, 0.2) is 36.5 Å². The number of nitrogens with one attached hydrogen (secondary N) is 1. The topological polar surface area (TPSA) is 194 Å². The van der Waals surface area contributed by atoms with E-state index in [1.54, 1.807) is 56.9 Å². The number of hydrogen-bond donors (Lipinski definition) is 4. The van der Waals surface area contributed by atoms with Crippen molar-refractivity contribution in [1.82, 2.24) is 24.8 Å². The fourth-order valence-electron chi connectivity index (χ4n) is 10.1. The molecule has 4 heterocycles. The maximum absolute atomic E-state index is 14.8. The molecule has 2 fully saturated rings. The summed E-state index contributed by atoms with van der Waals surface area (Å²) in [6.45, 7) is 14.0. The second kappa shape index (κ2) is 23.4. The summed E-state index contributed by atoms with van der Waals surface area (Å²) in [7, 11) is 8.65. The molecule has 1 aromatic heterocycles. The lowest BCUT2D eigenvalue weighted by molar-refractivity contribution is -0.302. The highest BCUT2D eigenvalue weighted by molar-refractivity contribution is 14.1. The minimum Gasteiger partial charge on any atom is -0.448 e. The molecule has 0 unspecified atom stereocenters. The standard InChI is InChI=1S/C48H76FIN6O10/c1-27-24-47(6,63-12)43(30(4)40(61-10)31(5)44(59)66-46(50)48(7,60)42(58)29(3)38(27)51)65-45-39(57)36(23-28(2)64-45)55(9)22-19-35-26-56(53-52-35)37(25-49)41(62-11)34-15-13-32(14-16-34)33-17-20-54(8)21-18-33/h13-17,26-31,36-37,39-43,45-46,51,57-58,60H,18-25H2,1-12H3/t27-,28-,29+,30+,31-,36+,37-,39-,40+,41-,42-,43-,45+,46+,47-,48+/m1/s1. The third kappa shape index (κ3) is 12.3. The van der Waals surface area contributed by atoms with Gasteiger partial charge in [-0.2, -0.15) is 0 Å². The molecule has 3 aliphatic rings. The van der Waals surface area contributed by atoms with Crippen LogP contribution < -0.4 is 0 Å². The Labute approximate surface area is 404 Å². The zero-order chi connectivity index (χ0) is 48.8. The number of carbonyl (C=O) groups excluding carboxylic acids is 1. The number of hydrogen-bond acceptors (Lipinski definition) is 15. The predicted octanol–water partition coefficient (Wildman–Crippen LogP) is 5.42. The number of aromatic nitrogens is 3. The largest absolute Gasteiger partial charge is 0.448 e. The number of alkyl halides is 2. The first-order valence-corrected chi connectivity index (χ1v) is 24.4. The van der Waals surface area contributed by atoms with E-state index in [9.17, 15) is 24.5 Å². The van der Waals surface area contributed by atoms with Gasteiger partial charge in [0.15, 0.2) is 10.4 Å². The van der Waals surface area contributed by atoms with E-state index in [4.69, 9.17) is 33.8 Å². The van der Waals surface area contributed by atoms with Gasteiger partial charge >= 0.3 is 5.97 Å². The lowest BCUT2D eigenvalue weighted by Gasteiger charge is -2.48. The van der Waals surface area contributed by atoms with Crippen molar-refractivity contribution in [3.63, 3.8) is 0 Å². The van der Waals surface area contributed by atoms with Crippen LogP contribution in [0.1, 0.15) is 96.7 Å². The first-order valence-electron chi connectivity index (χ1n) is 23.2. The Morgan fingerprint density at radius 3 is 2.36 bits per heavy atom. The maximum atomic E-state index is 14.8. The molecule has 0 saturated carbocycles. The number of rotatable bonds is 14. The van der Waals surface area contributed by atoms with Crippen LogP contribution in [0.2, 0.25) is 0 Å². The Kier molecular flexibility index (Phi) is 19.3. The molecule has 1 aromatic carbocycles. The van der Waals surface area contributed by atoms with Crippen molar-refractivity contribution in [1.29, 1.82) is 5.41 Å². The van der Waals surface area contributed by atoms with Gasteiger partial charge in [-0.3, -0.25) is 4.79 Å². The summed E-state index contributed by atoms with van der Waals surface area (Å²) in [5.74, 6) is -3.34. The normalized spacial score (nSPS) is 36.7. The molecule has 0 radical (unpaired) electrons. The second-order valence-corrected chi connectivity index (χ2v) is 20.6. The molecule has 16 nitrogen and oxygen atoms in total. The molecule has 0 amide bonds. The van der Waals surface area contributed by atoms with E-state index in [2.05, 4.69) is 40.5 Å². The molecule has 3 aliphatic heterocycles. The van der Waals surface area contributed by atoms with Gasteiger partial charge < -0.3 is 58.9 Å². The fourth-order valence-corrected chi connectivity index (χ4v) is 10.7. The van der Waals surface area contributed by atoms with Crippen molar-refractivity contribution in [3.05, 3.63) is 53.4 Å². The predicted molar refractivity (Wildman–Crippen MR) is 257 cm³/mol. The lowest BCUT2D eigenvalue weighted by atomic mass is 9.74. The zero-order valence-corrected chi connectivity index (χ0v) is 43.1. The third-order valence-electron chi connectivity index (χ3n) is 14.5. The van der Waals surface area contributed by atoms with Crippen molar-refractivity contribution >= 4 is 39.8 Å². The van der Waals surface area contributed by atoms with Gasteiger partial charge in [0.25, 0.3) is 0 Å². The summed E-state index contributed by atoms with van der Waals surface area (Å²) in [6.07, 6.45) is -0.0565. The first kappa shape index (κ1) is 54.4. The summed E-state index contributed by atoms with van der Waals surface area (Å²) >= 11 is 1.80. The van der Waals surface area contributed by atoms with Crippen LogP contribution in [-0.2, 0) is 39.6 Å². The minimum atomic E-state index is -1.87. The van der Waals surface area contributed by atoms with Crippen molar-refractivity contribution < 1.29 is 52.9 Å². The van der Waals surface area contributed by atoms with Crippen molar-refractivity contribution in [3.8, 4) is 0 Å². The van der Waals surface area contributed by atoms with Gasteiger partial charge in [0.1, 0.15) is 30.5 Å². The molecule has 0 spiro atoms. The lowest BCUT2D eigenvalue weighted by Crippen LogP contribution is -2.60. The summed E-state index contributed by atoms with van der Waals surface area (Å²) in [4.78, 5) is 18.0. The average Bonchev–Trinajstić information content (AvgIpc) is 3.77. The van der Waals surface area contributed by atoms with Gasteiger partial charge in [0, 0.05) is 77.2 Å².